The quantitative estimate of drug-likeness (QED) is 0.172. The molecule has 1 aliphatic heterocycles. The Bertz CT molecular complexity index is 1820. The molecule has 1 atom stereocenters. The Morgan fingerprint density at radius 3 is 2.74 bits per heavy atom. The van der Waals surface area contributed by atoms with Crippen molar-refractivity contribution in [2.24, 2.45) is 0 Å². The van der Waals surface area contributed by atoms with Gasteiger partial charge < -0.3 is 39.7 Å². The lowest BCUT2D eigenvalue weighted by Gasteiger charge is -2.30. The van der Waals surface area contributed by atoms with E-state index in [4.69, 9.17) is 21.3 Å². The second-order valence-electron chi connectivity index (χ2n) is 11.2. The highest BCUT2D eigenvalue weighted by molar-refractivity contribution is 6.40. The number of aromatic hydroxyl groups is 1. The van der Waals surface area contributed by atoms with Crippen LogP contribution in [0.25, 0.3) is 33.2 Å². The first kappa shape index (κ1) is 28.1. The number of aryl methyl sites for hydroxylation is 2. The van der Waals surface area contributed by atoms with Crippen LogP contribution in [-0.4, -0.2) is 74.0 Å². The van der Waals surface area contributed by atoms with Crippen LogP contribution in [0.1, 0.15) is 30.0 Å². The summed E-state index contributed by atoms with van der Waals surface area (Å²) in [6.45, 7) is 6.16. The van der Waals surface area contributed by atoms with E-state index < -0.39 is 6.10 Å². The number of rotatable bonds is 8. The minimum Gasteiger partial charge on any atom is -0.494 e. The van der Waals surface area contributed by atoms with Crippen LogP contribution in [0, 0.1) is 13.8 Å². The number of H-pyrrole nitrogens is 2. The molecule has 0 radical (unpaired) electrons. The summed E-state index contributed by atoms with van der Waals surface area (Å²) in [5.41, 5.74) is 3.70. The molecule has 0 spiro atoms. The zero-order chi connectivity index (χ0) is 29.5. The molecule has 1 saturated heterocycles. The van der Waals surface area contributed by atoms with E-state index in [0.717, 1.165) is 42.8 Å². The maximum Gasteiger partial charge on any atom is 0.261 e. The average Bonchev–Trinajstić information content (AvgIpc) is 3.53. The number of imidazole rings is 1. The van der Waals surface area contributed by atoms with Gasteiger partial charge in [-0.3, -0.25) is 4.79 Å². The Hall–Kier alpha value is -3.99. The van der Waals surface area contributed by atoms with E-state index in [-0.39, 0.29) is 36.2 Å². The minimum atomic E-state index is -0.826. The number of pyridine rings is 1. The van der Waals surface area contributed by atoms with Crippen molar-refractivity contribution in [3.05, 3.63) is 69.2 Å². The number of benzene rings is 2. The Morgan fingerprint density at radius 1 is 1.19 bits per heavy atom. The second-order valence-corrected chi connectivity index (χ2v) is 11.6. The molecule has 220 valence electrons. The lowest BCUT2D eigenvalue weighted by atomic mass is 10.1. The number of aliphatic hydroxyl groups is 1. The minimum absolute atomic E-state index is 0.0896. The maximum absolute atomic E-state index is 13.0. The van der Waals surface area contributed by atoms with Gasteiger partial charge in [0.15, 0.2) is 5.88 Å². The summed E-state index contributed by atoms with van der Waals surface area (Å²) >= 11 is 6.85. The summed E-state index contributed by atoms with van der Waals surface area (Å²) in [5.74, 6) is 1.22. The molecule has 2 aromatic carbocycles. The maximum atomic E-state index is 13.0. The molecule has 5 aromatic rings. The lowest BCUT2D eigenvalue weighted by molar-refractivity contribution is 0.117. The Balaban J connectivity index is 1.25. The molecule has 1 aliphatic rings. The predicted octanol–water partition coefficient (Wildman–Crippen LogP) is 4.97. The normalized spacial score (nSPS) is 15.5. The second kappa shape index (κ2) is 11.4. The highest BCUT2D eigenvalue weighted by Gasteiger charge is 2.24. The van der Waals surface area contributed by atoms with Crippen molar-refractivity contribution in [3.8, 4) is 23.0 Å². The van der Waals surface area contributed by atoms with Crippen molar-refractivity contribution in [2.75, 3.05) is 38.6 Å². The molecule has 0 amide bonds. The van der Waals surface area contributed by atoms with Crippen molar-refractivity contribution in [2.45, 2.75) is 38.8 Å². The van der Waals surface area contributed by atoms with Crippen molar-refractivity contribution in [1.82, 2.24) is 24.4 Å². The van der Waals surface area contributed by atoms with Crippen LogP contribution >= 0.6 is 11.6 Å². The topological polar surface area (TPSA) is 131 Å². The van der Waals surface area contributed by atoms with Gasteiger partial charge in [0.1, 0.15) is 35.4 Å². The van der Waals surface area contributed by atoms with E-state index in [1.54, 1.807) is 6.07 Å². The monoisotopic (exact) mass is 590 g/mol. The number of ether oxygens (including phenoxy) is 1. The van der Waals surface area contributed by atoms with Crippen molar-refractivity contribution < 1.29 is 14.9 Å². The van der Waals surface area contributed by atoms with E-state index in [1.807, 2.05) is 48.9 Å². The molecular formula is C31H35ClN6O4. The number of anilines is 1. The van der Waals surface area contributed by atoms with Gasteiger partial charge >= 0.3 is 0 Å². The third-order valence-electron chi connectivity index (χ3n) is 8.08. The predicted molar refractivity (Wildman–Crippen MR) is 166 cm³/mol. The number of hydrogen-bond donors (Lipinski definition) is 5. The molecule has 0 aliphatic carbocycles. The van der Waals surface area contributed by atoms with Gasteiger partial charge in [-0.15, -0.1) is 0 Å². The number of aliphatic hydroxyl groups excluding tert-OH is 1. The van der Waals surface area contributed by atoms with E-state index in [1.165, 1.54) is 6.20 Å². The molecule has 4 heterocycles. The molecule has 5 N–H and O–H groups in total. The number of likely N-dealkylation sites (tertiary alicyclic amines) is 1. The van der Waals surface area contributed by atoms with Gasteiger partial charge in [0, 0.05) is 35.8 Å². The van der Waals surface area contributed by atoms with Crippen LogP contribution in [-0.2, 0) is 0 Å². The summed E-state index contributed by atoms with van der Waals surface area (Å²) in [5, 5.41) is 26.6. The van der Waals surface area contributed by atoms with Gasteiger partial charge in [-0.05, 0) is 70.6 Å². The number of nitrogens with zero attached hydrogens (tertiary/aromatic N) is 3. The summed E-state index contributed by atoms with van der Waals surface area (Å²) < 4.78 is 7.73. The standard InChI is InChI=1S/C31H35ClN6O4/c1-17-4-5-25(18(2)12-17)42-16-20(39)14-34-23-6-9-33-30(40)26(23)29-35-24-13-21-22(27(32)28(24)36-29)15-38(31(21)41)19-7-10-37(3)11-8-19/h4-6,9,12-13,15,19-20,39,41H,7-8,10-11,14,16H2,1-3H3,(H,35,36)(H2,33,34,40)/t20-/m1/s1. The molecule has 6 rings (SSSR count). The molecule has 11 heteroatoms. The van der Waals surface area contributed by atoms with Crippen LogP contribution in [0.15, 0.2) is 47.5 Å². The molecule has 42 heavy (non-hydrogen) atoms. The number of aromatic nitrogens is 4. The molecule has 0 bridgehead atoms. The van der Waals surface area contributed by atoms with E-state index in [9.17, 15) is 15.0 Å². The number of nitrogens with one attached hydrogen (secondary N) is 3. The first-order valence-electron chi connectivity index (χ1n) is 14.1. The van der Waals surface area contributed by atoms with Gasteiger partial charge in [-0.1, -0.05) is 29.3 Å². The van der Waals surface area contributed by atoms with E-state index in [0.29, 0.717) is 38.3 Å². The third-order valence-corrected chi connectivity index (χ3v) is 8.46. The summed E-state index contributed by atoms with van der Waals surface area (Å²) in [7, 11) is 2.10. The Labute approximate surface area is 247 Å². The number of aromatic amines is 2. The lowest BCUT2D eigenvalue weighted by Crippen LogP contribution is -2.31. The van der Waals surface area contributed by atoms with Crippen LogP contribution in [0.3, 0.4) is 0 Å². The van der Waals surface area contributed by atoms with Crippen LogP contribution in [0.5, 0.6) is 11.6 Å². The van der Waals surface area contributed by atoms with Crippen molar-refractivity contribution in [1.29, 1.82) is 0 Å². The zero-order valence-electron chi connectivity index (χ0n) is 23.9. The van der Waals surface area contributed by atoms with Gasteiger partial charge in [-0.25, -0.2) is 4.98 Å². The largest absolute Gasteiger partial charge is 0.494 e. The first-order valence-corrected chi connectivity index (χ1v) is 14.5. The van der Waals surface area contributed by atoms with Gasteiger partial charge in [0.05, 0.1) is 16.2 Å². The number of halogens is 1. The van der Waals surface area contributed by atoms with E-state index >= 15 is 0 Å². The SMILES string of the molecule is Cc1ccc(OC[C@H](O)CNc2cc[nH]c(=O)c2-c2nc3c(Cl)c4cn(C5CCN(C)CC5)c(O)c4cc3[nH]2)c(C)c1. The molecule has 0 unspecified atom stereocenters. The number of hydrogen-bond acceptors (Lipinski definition) is 7. The first-order chi connectivity index (χ1) is 20.2. The van der Waals surface area contributed by atoms with Gasteiger partial charge in [-0.2, -0.15) is 0 Å². The van der Waals surface area contributed by atoms with Gasteiger partial charge in [0.25, 0.3) is 5.56 Å². The highest BCUT2D eigenvalue weighted by Crippen LogP contribution is 2.41. The fraction of sp³-hybridized carbons (Fsp3) is 0.355. The fourth-order valence-electron chi connectivity index (χ4n) is 5.74. The van der Waals surface area contributed by atoms with Gasteiger partial charge in [0.2, 0.25) is 0 Å². The van der Waals surface area contributed by atoms with Crippen molar-refractivity contribution in [3.63, 3.8) is 0 Å². The average molecular weight is 591 g/mol. The smallest absolute Gasteiger partial charge is 0.261 e. The Morgan fingerprint density at radius 2 is 1.98 bits per heavy atom. The molecule has 1 fully saturated rings. The zero-order valence-corrected chi connectivity index (χ0v) is 24.6. The number of fused-ring (bicyclic) bond motifs is 2. The van der Waals surface area contributed by atoms with Crippen molar-refractivity contribution >= 4 is 39.1 Å². The molecular weight excluding hydrogens is 556 g/mol. The number of piperidine rings is 1. The fourth-order valence-corrected chi connectivity index (χ4v) is 6.04. The Kier molecular flexibility index (Phi) is 7.61. The third kappa shape index (κ3) is 5.33. The van der Waals surface area contributed by atoms with Crippen LogP contribution in [0.2, 0.25) is 5.02 Å². The van der Waals surface area contributed by atoms with Crippen LogP contribution in [0.4, 0.5) is 5.69 Å². The summed E-state index contributed by atoms with van der Waals surface area (Å²) in [6.07, 6.45) is 4.51. The summed E-state index contributed by atoms with van der Waals surface area (Å²) in [6, 6.07) is 9.63. The molecule has 0 saturated carbocycles. The molecule has 3 aromatic heterocycles. The molecule has 10 nitrogen and oxygen atoms in total. The highest BCUT2D eigenvalue weighted by atomic mass is 35.5. The summed E-state index contributed by atoms with van der Waals surface area (Å²) in [4.78, 5) is 25.9. The van der Waals surface area contributed by atoms with E-state index in [2.05, 4.69) is 27.2 Å². The van der Waals surface area contributed by atoms with Crippen LogP contribution < -0.4 is 15.6 Å².